The Bertz CT molecular complexity index is 717. The van der Waals surface area contributed by atoms with Crippen molar-refractivity contribution in [3.8, 4) is 0 Å². The van der Waals surface area contributed by atoms with Gasteiger partial charge in [-0.25, -0.2) is 0 Å². The third-order valence-electron chi connectivity index (χ3n) is 3.73. The SMILES string of the molecule is CCc1ccc(C(N)c2ccc3ncccc3c2)cc1. The van der Waals surface area contributed by atoms with E-state index in [1.807, 2.05) is 18.3 Å². The number of aromatic nitrogens is 1. The molecule has 1 atom stereocenters. The average Bonchev–Trinajstić information content (AvgIpc) is 2.54. The third-order valence-corrected chi connectivity index (χ3v) is 3.73. The molecular formula is C18H18N2. The number of hydrogen-bond donors (Lipinski definition) is 1. The Balaban J connectivity index is 1.96. The normalized spacial score (nSPS) is 12.5. The Morgan fingerprint density at radius 2 is 1.75 bits per heavy atom. The highest BCUT2D eigenvalue weighted by molar-refractivity contribution is 5.79. The van der Waals surface area contributed by atoms with Crippen LogP contribution in [0, 0.1) is 0 Å². The summed E-state index contributed by atoms with van der Waals surface area (Å²) >= 11 is 0. The highest BCUT2D eigenvalue weighted by Crippen LogP contribution is 2.23. The van der Waals surface area contributed by atoms with Gasteiger partial charge >= 0.3 is 0 Å². The molecule has 20 heavy (non-hydrogen) atoms. The minimum absolute atomic E-state index is 0.0921. The molecule has 3 aromatic rings. The van der Waals surface area contributed by atoms with Crippen molar-refractivity contribution in [3.05, 3.63) is 77.5 Å². The van der Waals surface area contributed by atoms with Crippen molar-refractivity contribution in [1.82, 2.24) is 4.98 Å². The second-order valence-electron chi connectivity index (χ2n) is 5.03. The first-order valence-corrected chi connectivity index (χ1v) is 6.97. The third kappa shape index (κ3) is 2.43. The summed E-state index contributed by atoms with van der Waals surface area (Å²) in [5.74, 6) is 0. The van der Waals surface area contributed by atoms with E-state index in [9.17, 15) is 0 Å². The van der Waals surface area contributed by atoms with Gasteiger partial charge in [0.25, 0.3) is 0 Å². The van der Waals surface area contributed by atoms with Gasteiger partial charge in [0.1, 0.15) is 0 Å². The van der Waals surface area contributed by atoms with Gasteiger partial charge in [0, 0.05) is 11.6 Å². The lowest BCUT2D eigenvalue weighted by Crippen LogP contribution is -2.11. The molecule has 1 unspecified atom stereocenters. The van der Waals surface area contributed by atoms with E-state index >= 15 is 0 Å². The summed E-state index contributed by atoms with van der Waals surface area (Å²) in [6, 6.07) is 18.7. The van der Waals surface area contributed by atoms with Crippen LogP contribution in [0.15, 0.2) is 60.8 Å². The number of pyridine rings is 1. The van der Waals surface area contributed by atoms with Crippen LogP contribution in [-0.4, -0.2) is 4.98 Å². The molecule has 2 heteroatoms. The molecule has 0 aliphatic rings. The van der Waals surface area contributed by atoms with Crippen molar-refractivity contribution < 1.29 is 0 Å². The molecule has 1 aromatic heterocycles. The van der Waals surface area contributed by atoms with Crippen LogP contribution in [0.3, 0.4) is 0 Å². The van der Waals surface area contributed by atoms with E-state index in [1.165, 1.54) is 5.56 Å². The van der Waals surface area contributed by atoms with Crippen molar-refractivity contribution in [2.75, 3.05) is 0 Å². The second kappa shape index (κ2) is 5.43. The number of benzene rings is 2. The van der Waals surface area contributed by atoms with Crippen molar-refractivity contribution >= 4 is 10.9 Å². The Labute approximate surface area is 119 Å². The number of fused-ring (bicyclic) bond motifs is 1. The van der Waals surface area contributed by atoms with Crippen molar-refractivity contribution in [2.24, 2.45) is 5.73 Å². The quantitative estimate of drug-likeness (QED) is 0.778. The van der Waals surface area contributed by atoms with E-state index < -0.39 is 0 Å². The smallest absolute Gasteiger partial charge is 0.0702 e. The predicted octanol–water partition coefficient (Wildman–Crippen LogP) is 3.85. The van der Waals surface area contributed by atoms with Crippen LogP contribution in [0.5, 0.6) is 0 Å². The van der Waals surface area contributed by atoms with Gasteiger partial charge in [-0.1, -0.05) is 43.3 Å². The molecule has 1 heterocycles. The fourth-order valence-corrected chi connectivity index (χ4v) is 2.44. The van der Waals surface area contributed by atoms with Crippen LogP contribution in [0.2, 0.25) is 0 Å². The minimum Gasteiger partial charge on any atom is -0.320 e. The van der Waals surface area contributed by atoms with Crippen molar-refractivity contribution in [3.63, 3.8) is 0 Å². The maximum atomic E-state index is 6.38. The topological polar surface area (TPSA) is 38.9 Å². The van der Waals surface area contributed by atoms with E-state index in [1.54, 1.807) is 0 Å². The largest absolute Gasteiger partial charge is 0.320 e. The Morgan fingerprint density at radius 1 is 1.00 bits per heavy atom. The highest BCUT2D eigenvalue weighted by Gasteiger charge is 2.09. The van der Waals surface area contributed by atoms with Gasteiger partial charge in [-0.3, -0.25) is 4.98 Å². The lowest BCUT2D eigenvalue weighted by Gasteiger charge is -2.13. The average molecular weight is 262 g/mol. The Kier molecular flexibility index (Phi) is 3.48. The van der Waals surface area contributed by atoms with Crippen LogP contribution < -0.4 is 5.73 Å². The molecule has 2 aromatic carbocycles. The lowest BCUT2D eigenvalue weighted by molar-refractivity contribution is 0.871. The number of aryl methyl sites for hydroxylation is 1. The fourth-order valence-electron chi connectivity index (χ4n) is 2.44. The van der Waals surface area contributed by atoms with Crippen LogP contribution in [-0.2, 0) is 6.42 Å². The Hall–Kier alpha value is -2.19. The number of nitrogens with two attached hydrogens (primary N) is 1. The highest BCUT2D eigenvalue weighted by atomic mass is 14.7. The summed E-state index contributed by atoms with van der Waals surface area (Å²) in [7, 11) is 0. The van der Waals surface area contributed by atoms with E-state index in [4.69, 9.17) is 5.73 Å². The molecule has 0 aliphatic carbocycles. The Morgan fingerprint density at radius 3 is 2.50 bits per heavy atom. The molecular weight excluding hydrogens is 244 g/mol. The van der Waals surface area contributed by atoms with E-state index in [0.717, 1.165) is 28.5 Å². The zero-order valence-electron chi connectivity index (χ0n) is 11.6. The molecule has 0 saturated carbocycles. The summed E-state index contributed by atoms with van der Waals surface area (Å²) in [6.07, 6.45) is 2.86. The zero-order valence-corrected chi connectivity index (χ0v) is 11.6. The fraction of sp³-hybridized carbons (Fsp3) is 0.167. The molecule has 100 valence electrons. The molecule has 0 spiro atoms. The molecule has 2 nitrogen and oxygen atoms in total. The monoisotopic (exact) mass is 262 g/mol. The first kappa shape index (κ1) is 12.8. The minimum atomic E-state index is -0.0921. The maximum Gasteiger partial charge on any atom is 0.0702 e. The predicted molar refractivity (Wildman–Crippen MR) is 83.6 cm³/mol. The van der Waals surface area contributed by atoms with Gasteiger partial charge in [-0.05, 0) is 41.3 Å². The second-order valence-corrected chi connectivity index (χ2v) is 5.03. The summed E-state index contributed by atoms with van der Waals surface area (Å²) < 4.78 is 0. The van der Waals surface area contributed by atoms with E-state index in [0.29, 0.717) is 0 Å². The van der Waals surface area contributed by atoms with Crippen molar-refractivity contribution in [2.45, 2.75) is 19.4 Å². The van der Waals surface area contributed by atoms with Crippen LogP contribution in [0.25, 0.3) is 10.9 Å². The van der Waals surface area contributed by atoms with Crippen LogP contribution in [0.4, 0.5) is 0 Å². The molecule has 0 bridgehead atoms. The molecule has 0 radical (unpaired) electrons. The summed E-state index contributed by atoms with van der Waals surface area (Å²) in [5.41, 5.74) is 11.0. The first-order valence-electron chi connectivity index (χ1n) is 6.97. The van der Waals surface area contributed by atoms with E-state index in [2.05, 4.69) is 54.4 Å². The van der Waals surface area contributed by atoms with Gasteiger partial charge < -0.3 is 5.73 Å². The molecule has 2 N–H and O–H groups in total. The van der Waals surface area contributed by atoms with Crippen LogP contribution in [0.1, 0.15) is 29.7 Å². The molecule has 0 amide bonds. The molecule has 3 rings (SSSR count). The number of rotatable bonds is 3. The standard InChI is InChI=1S/C18H18N2/c1-2-13-5-7-14(8-6-13)18(19)16-9-10-17-15(12-16)4-3-11-20-17/h3-12,18H,2,19H2,1H3. The summed E-state index contributed by atoms with van der Waals surface area (Å²) in [4.78, 5) is 4.34. The number of hydrogen-bond acceptors (Lipinski definition) is 2. The van der Waals surface area contributed by atoms with Gasteiger partial charge in [0.15, 0.2) is 0 Å². The maximum absolute atomic E-state index is 6.38. The summed E-state index contributed by atoms with van der Waals surface area (Å²) in [6.45, 7) is 2.16. The van der Waals surface area contributed by atoms with Crippen molar-refractivity contribution in [1.29, 1.82) is 0 Å². The summed E-state index contributed by atoms with van der Waals surface area (Å²) in [5, 5.41) is 1.13. The lowest BCUT2D eigenvalue weighted by atomic mass is 9.97. The molecule has 0 saturated heterocycles. The van der Waals surface area contributed by atoms with E-state index in [-0.39, 0.29) is 6.04 Å². The van der Waals surface area contributed by atoms with Gasteiger partial charge in [-0.2, -0.15) is 0 Å². The van der Waals surface area contributed by atoms with Crippen LogP contribution >= 0.6 is 0 Å². The number of nitrogens with zero attached hydrogens (tertiary/aromatic N) is 1. The molecule has 0 aliphatic heterocycles. The van der Waals surface area contributed by atoms with Gasteiger partial charge in [-0.15, -0.1) is 0 Å². The zero-order chi connectivity index (χ0) is 13.9. The van der Waals surface area contributed by atoms with Gasteiger partial charge in [0.2, 0.25) is 0 Å². The first-order chi connectivity index (χ1) is 9.78. The van der Waals surface area contributed by atoms with Gasteiger partial charge in [0.05, 0.1) is 11.6 Å². The molecule has 0 fully saturated rings.